The Morgan fingerprint density at radius 3 is 3.10 bits per heavy atom. The van der Waals surface area contributed by atoms with E-state index in [9.17, 15) is 0 Å². The van der Waals surface area contributed by atoms with E-state index >= 15 is 0 Å². The predicted molar refractivity (Wildman–Crippen MR) is 81.9 cm³/mol. The second-order valence-electron chi connectivity index (χ2n) is 5.89. The minimum Gasteiger partial charge on any atom is -0.361 e. The van der Waals surface area contributed by atoms with E-state index in [0.29, 0.717) is 5.92 Å². The fraction of sp³-hybridized carbons (Fsp3) is 0.533. The van der Waals surface area contributed by atoms with Crippen LogP contribution in [0.3, 0.4) is 0 Å². The molecule has 0 aliphatic carbocycles. The average molecular weight is 286 g/mol. The Balaban J connectivity index is 1.73. The monoisotopic (exact) mass is 286 g/mol. The van der Waals surface area contributed by atoms with Gasteiger partial charge >= 0.3 is 0 Å². The van der Waals surface area contributed by atoms with E-state index in [4.69, 9.17) is 0 Å². The van der Waals surface area contributed by atoms with Crippen LogP contribution in [-0.2, 0) is 19.6 Å². The lowest BCUT2D eigenvalue weighted by molar-refractivity contribution is 0.543. The van der Waals surface area contributed by atoms with Gasteiger partial charge < -0.3 is 14.8 Å². The summed E-state index contributed by atoms with van der Waals surface area (Å²) < 4.78 is 2.11. The molecule has 0 fully saturated rings. The van der Waals surface area contributed by atoms with Gasteiger partial charge in [-0.05, 0) is 24.1 Å². The van der Waals surface area contributed by atoms with Crippen molar-refractivity contribution in [1.29, 1.82) is 0 Å². The Labute approximate surface area is 125 Å². The highest BCUT2D eigenvalue weighted by molar-refractivity contribution is 5.52. The highest BCUT2D eigenvalue weighted by Crippen LogP contribution is 2.23. The highest BCUT2D eigenvalue weighted by atomic mass is 15.3. The predicted octanol–water partition coefficient (Wildman–Crippen LogP) is 1.44. The quantitative estimate of drug-likeness (QED) is 0.901. The number of rotatable bonds is 5. The van der Waals surface area contributed by atoms with Crippen LogP contribution < -0.4 is 10.2 Å². The molecule has 0 spiro atoms. The molecule has 0 saturated heterocycles. The largest absolute Gasteiger partial charge is 0.361 e. The molecule has 0 aromatic carbocycles. The van der Waals surface area contributed by atoms with Crippen LogP contribution in [0.4, 0.5) is 5.69 Å². The van der Waals surface area contributed by atoms with Crippen LogP contribution in [0, 0.1) is 5.92 Å². The summed E-state index contributed by atoms with van der Waals surface area (Å²) in [6.45, 7) is 9.03. The molecular formula is C15H22N6. The number of hydrogen-bond donors (Lipinski definition) is 1. The molecule has 3 heterocycles. The van der Waals surface area contributed by atoms with Crippen LogP contribution in [0.15, 0.2) is 24.8 Å². The first-order chi connectivity index (χ1) is 10.2. The molecule has 0 atom stereocenters. The molecule has 0 bridgehead atoms. The smallest absolute Gasteiger partial charge is 0.152 e. The zero-order valence-electron chi connectivity index (χ0n) is 12.7. The van der Waals surface area contributed by atoms with Gasteiger partial charge in [0.1, 0.15) is 6.33 Å². The summed E-state index contributed by atoms with van der Waals surface area (Å²) >= 11 is 0. The van der Waals surface area contributed by atoms with E-state index in [1.165, 1.54) is 11.3 Å². The van der Waals surface area contributed by atoms with Gasteiger partial charge in [-0.2, -0.15) is 0 Å². The van der Waals surface area contributed by atoms with Crippen molar-refractivity contribution in [3.63, 3.8) is 0 Å². The van der Waals surface area contributed by atoms with Gasteiger partial charge in [0, 0.05) is 25.8 Å². The van der Waals surface area contributed by atoms with E-state index in [1.54, 1.807) is 6.33 Å². The van der Waals surface area contributed by atoms with E-state index in [1.807, 2.05) is 12.4 Å². The van der Waals surface area contributed by atoms with Crippen molar-refractivity contribution >= 4 is 5.69 Å². The second-order valence-corrected chi connectivity index (χ2v) is 5.89. The van der Waals surface area contributed by atoms with Gasteiger partial charge in [0.25, 0.3) is 0 Å². The first-order valence-corrected chi connectivity index (χ1v) is 7.49. The van der Waals surface area contributed by atoms with Crippen LogP contribution in [0.1, 0.15) is 25.2 Å². The number of nitrogens with zero attached hydrogens (tertiary/aromatic N) is 5. The SMILES string of the molecule is CC(C)CNCc1ccncc1N1CCn2cnnc2C1. The maximum absolute atomic E-state index is 4.30. The van der Waals surface area contributed by atoms with Crippen molar-refractivity contribution in [3.8, 4) is 0 Å². The molecule has 1 aliphatic heterocycles. The summed E-state index contributed by atoms with van der Waals surface area (Å²) in [6.07, 6.45) is 5.63. The molecule has 0 amide bonds. The first kappa shape index (κ1) is 14.0. The average Bonchev–Trinajstić information content (AvgIpc) is 2.95. The molecule has 0 radical (unpaired) electrons. The van der Waals surface area contributed by atoms with Gasteiger partial charge in [0.15, 0.2) is 5.82 Å². The number of anilines is 1. The number of hydrogen-bond acceptors (Lipinski definition) is 5. The van der Waals surface area contributed by atoms with Crippen LogP contribution in [-0.4, -0.2) is 32.8 Å². The maximum Gasteiger partial charge on any atom is 0.152 e. The number of fused-ring (bicyclic) bond motifs is 1. The lowest BCUT2D eigenvalue weighted by Gasteiger charge is -2.30. The van der Waals surface area contributed by atoms with Crippen LogP contribution in [0.5, 0.6) is 0 Å². The molecule has 6 nitrogen and oxygen atoms in total. The van der Waals surface area contributed by atoms with Crippen molar-refractivity contribution in [1.82, 2.24) is 25.1 Å². The summed E-state index contributed by atoms with van der Waals surface area (Å²) in [5.74, 6) is 1.68. The van der Waals surface area contributed by atoms with Gasteiger partial charge in [0.2, 0.25) is 0 Å². The minimum atomic E-state index is 0.656. The molecule has 0 unspecified atom stereocenters. The Hall–Kier alpha value is -1.95. The molecule has 1 aliphatic rings. The van der Waals surface area contributed by atoms with Gasteiger partial charge in [-0.15, -0.1) is 10.2 Å². The third-order valence-electron chi connectivity index (χ3n) is 3.74. The molecule has 112 valence electrons. The Bertz CT molecular complexity index is 591. The molecule has 2 aromatic rings. The Kier molecular flexibility index (Phi) is 4.15. The van der Waals surface area contributed by atoms with Crippen molar-refractivity contribution < 1.29 is 0 Å². The van der Waals surface area contributed by atoms with Crippen molar-refractivity contribution in [2.45, 2.75) is 33.5 Å². The number of aromatic nitrogens is 4. The number of nitrogens with one attached hydrogen (secondary N) is 1. The fourth-order valence-electron chi connectivity index (χ4n) is 2.62. The van der Waals surface area contributed by atoms with Crippen LogP contribution in [0.2, 0.25) is 0 Å². The molecule has 2 aromatic heterocycles. The molecule has 21 heavy (non-hydrogen) atoms. The standard InChI is InChI=1S/C15H22N6/c1-12(2)7-17-8-13-3-4-16-9-14(13)20-5-6-21-11-18-19-15(21)10-20/h3-4,9,11-12,17H,5-8,10H2,1-2H3. The zero-order chi connectivity index (χ0) is 14.7. The third kappa shape index (κ3) is 3.21. The third-order valence-corrected chi connectivity index (χ3v) is 3.74. The highest BCUT2D eigenvalue weighted by Gasteiger charge is 2.19. The molecule has 1 N–H and O–H groups in total. The Morgan fingerprint density at radius 1 is 1.33 bits per heavy atom. The lowest BCUT2D eigenvalue weighted by atomic mass is 10.1. The van der Waals surface area contributed by atoms with Crippen LogP contribution >= 0.6 is 0 Å². The first-order valence-electron chi connectivity index (χ1n) is 7.49. The Morgan fingerprint density at radius 2 is 2.24 bits per heavy atom. The van der Waals surface area contributed by atoms with Gasteiger partial charge in [-0.3, -0.25) is 4.98 Å². The van der Waals surface area contributed by atoms with E-state index in [0.717, 1.165) is 38.5 Å². The van der Waals surface area contributed by atoms with Crippen molar-refractivity contribution in [3.05, 3.63) is 36.2 Å². The second kappa shape index (κ2) is 6.22. The summed E-state index contributed by atoms with van der Waals surface area (Å²) in [5.41, 5.74) is 2.49. The van der Waals surface area contributed by atoms with Gasteiger partial charge in [0.05, 0.1) is 18.4 Å². The molecule has 3 rings (SSSR count). The normalized spacial score (nSPS) is 14.5. The van der Waals surface area contributed by atoms with E-state index in [2.05, 4.69) is 49.9 Å². The zero-order valence-corrected chi connectivity index (χ0v) is 12.7. The summed E-state index contributed by atoms with van der Waals surface area (Å²) in [4.78, 5) is 6.63. The minimum absolute atomic E-state index is 0.656. The molecule has 6 heteroatoms. The lowest BCUT2D eigenvalue weighted by Crippen LogP contribution is -2.34. The summed E-state index contributed by atoms with van der Waals surface area (Å²) in [6, 6.07) is 2.10. The van der Waals surface area contributed by atoms with Gasteiger partial charge in [-0.25, -0.2) is 0 Å². The van der Waals surface area contributed by atoms with Crippen molar-refractivity contribution in [2.75, 3.05) is 18.0 Å². The maximum atomic E-state index is 4.30. The van der Waals surface area contributed by atoms with Gasteiger partial charge in [-0.1, -0.05) is 13.8 Å². The molecule has 0 saturated carbocycles. The fourth-order valence-corrected chi connectivity index (χ4v) is 2.62. The topological polar surface area (TPSA) is 58.9 Å². The molecular weight excluding hydrogens is 264 g/mol. The van der Waals surface area contributed by atoms with E-state index < -0.39 is 0 Å². The van der Waals surface area contributed by atoms with Crippen LogP contribution in [0.25, 0.3) is 0 Å². The summed E-state index contributed by atoms with van der Waals surface area (Å²) in [7, 11) is 0. The summed E-state index contributed by atoms with van der Waals surface area (Å²) in [5, 5.41) is 11.7. The number of pyridine rings is 1. The van der Waals surface area contributed by atoms with E-state index in [-0.39, 0.29) is 0 Å². The van der Waals surface area contributed by atoms with Crippen molar-refractivity contribution in [2.24, 2.45) is 5.92 Å².